The molecule has 1 aromatic heterocycles. The van der Waals surface area contributed by atoms with E-state index in [1.54, 1.807) is 0 Å². The Hall–Kier alpha value is -2.64. The number of hydrogen-bond donors (Lipinski definition) is 1. The molecule has 1 fully saturated rings. The van der Waals surface area contributed by atoms with E-state index in [1.807, 2.05) is 72.8 Å². The summed E-state index contributed by atoms with van der Waals surface area (Å²) in [5.74, 6) is 1.54. The molecule has 0 amide bonds. The molecule has 1 N–H and O–H groups in total. The number of fused-ring (bicyclic) bond motifs is 1. The van der Waals surface area contributed by atoms with Crippen molar-refractivity contribution in [3.8, 4) is 16.7 Å². The van der Waals surface area contributed by atoms with Crippen LogP contribution in [0.1, 0.15) is 18.4 Å². The van der Waals surface area contributed by atoms with Crippen molar-refractivity contribution >= 4 is 33.2 Å². The standard InChI is InChI=1S/C26H25ClN2O3S/c27-20-7-5-19(6-8-20)26(30)13-15-29(16-14-26)17-18-31-21-9-11-22(12-10-21)32-25-28-23-3-1-2-4-24(23)33-25/h1-12,30H,13-18H2. The van der Waals surface area contributed by atoms with E-state index in [1.165, 1.54) is 11.3 Å². The molecule has 1 saturated heterocycles. The van der Waals surface area contributed by atoms with Gasteiger partial charge in [-0.15, -0.1) is 0 Å². The molecule has 170 valence electrons. The number of para-hydroxylation sites is 1. The van der Waals surface area contributed by atoms with Gasteiger partial charge < -0.3 is 14.6 Å². The van der Waals surface area contributed by atoms with Gasteiger partial charge in [0.25, 0.3) is 5.19 Å². The molecule has 5 rings (SSSR count). The Kier molecular flexibility index (Phi) is 6.51. The smallest absolute Gasteiger partial charge is 0.279 e. The molecule has 5 nitrogen and oxygen atoms in total. The Labute approximate surface area is 202 Å². The van der Waals surface area contributed by atoms with E-state index in [-0.39, 0.29) is 0 Å². The molecule has 0 unspecified atom stereocenters. The molecule has 7 heteroatoms. The van der Waals surface area contributed by atoms with E-state index in [9.17, 15) is 5.11 Å². The third-order valence-corrected chi connectivity index (χ3v) is 7.21. The van der Waals surface area contributed by atoms with Gasteiger partial charge in [0.15, 0.2) is 0 Å². The topological polar surface area (TPSA) is 54.8 Å². The fraction of sp³-hybridized carbons (Fsp3) is 0.269. The Morgan fingerprint density at radius 3 is 2.36 bits per heavy atom. The van der Waals surface area contributed by atoms with Crippen molar-refractivity contribution < 1.29 is 14.6 Å². The summed E-state index contributed by atoms with van der Waals surface area (Å²) in [5, 5.41) is 12.3. The number of halogens is 1. The van der Waals surface area contributed by atoms with Gasteiger partial charge in [-0.1, -0.05) is 47.2 Å². The third kappa shape index (κ3) is 5.31. The van der Waals surface area contributed by atoms with Gasteiger partial charge in [-0.05, 0) is 66.9 Å². The van der Waals surface area contributed by atoms with Gasteiger partial charge in [0.2, 0.25) is 0 Å². The fourth-order valence-electron chi connectivity index (χ4n) is 4.09. The predicted octanol–water partition coefficient (Wildman–Crippen LogP) is 6.10. The normalized spacial score (nSPS) is 16.1. The van der Waals surface area contributed by atoms with Gasteiger partial charge in [-0.2, -0.15) is 0 Å². The number of nitrogens with zero attached hydrogens (tertiary/aromatic N) is 2. The van der Waals surface area contributed by atoms with E-state index in [0.29, 0.717) is 29.7 Å². The molecule has 3 aromatic carbocycles. The second-order valence-electron chi connectivity index (χ2n) is 8.25. The zero-order valence-electron chi connectivity index (χ0n) is 18.1. The van der Waals surface area contributed by atoms with Gasteiger partial charge in [0, 0.05) is 24.7 Å². The number of likely N-dealkylation sites (tertiary alicyclic amines) is 1. The highest BCUT2D eigenvalue weighted by Gasteiger charge is 2.33. The van der Waals surface area contributed by atoms with E-state index >= 15 is 0 Å². The molecule has 0 radical (unpaired) electrons. The lowest BCUT2D eigenvalue weighted by Gasteiger charge is -2.38. The molecule has 0 bridgehead atoms. The first-order valence-corrected chi connectivity index (χ1v) is 12.2. The molecule has 1 aliphatic rings. The Morgan fingerprint density at radius 1 is 0.939 bits per heavy atom. The summed E-state index contributed by atoms with van der Waals surface area (Å²) in [6, 6.07) is 23.1. The fourth-order valence-corrected chi connectivity index (χ4v) is 5.05. The predicted molar refractivity (Wildman–Crippen MR) is 133 cm³/mol. The van der Waals surface area contributed by atoms with Crippen LogP contribution < -0.4 is 9.47 Å². The lowest BCUT2D eigenvalue weighted by molar-refractivity contribution is -0.0278. The quantitative estimate of drug-likeness (QED) is 0.346. The number of rotatable bonds is 7. The summed E-state index contributed by atoms with van der Waals surface area (Å²) in [4.78, 5) is 6.83. The summed E-state index contributed by atoms with van der Waals surface area (Å²) >= 11 is 7.51. The highest BCUT2D eigenvalue weighted by atomic mass is 35.5. The van der Waals surface area contributed by atoms with Crippen molar-refractivity contribution in [3.63, 3.8) is 0 Å². The Morgan fingerprint density at radius 2 is 1.64 bits per heavy atom. The number of aliphatic hydroxyl groups is 1. The lowest BCUT2D eigenvalue weighted by atomic mass is 9.84. The average Bonchev–Trinajstić information content (AvgIpc) is 3.24. The van der Waals surface area contributed by atoms with E-state index in [0.717, 1.165) is 46.9 Å². The summed E-state index contributed by atoms with van der Waals surface area (Å²) < 4.78 is 12.9. The van der Waals surface area contributed by atoms with Crippen molar-refractivity contribution in [2.45, 2.75) is 18.4 Å². The van der Waals surface area contributed by atoms with E-state index < -0.39 is 5.60 Å². The van der Waals surface area contributed by atoms with Crippen LogP contribution in [-0.2, 0) is 5.60 Å². The van der Waals surface area contributed by atoms with Gasteiger partial charge in [0.05, 0.1) is 15.8 Å². The van der Waals surface area contributed by atoms with Crippen molar-refractivity contribution in [2.24, 2.45) is 0 Å². The first-order valence-electron chi connectivity index (χ1n) is 11.0. The highest BCUT2D eigenvalue weighted by molar-refractivity contribution is 7.20. The molecular formula is C26H25ClN2O3S. The van der Waals surface area contributed by atoms with Crippen LogP contribution in [0.5, 0.6) is 16.7 Å². The summed E-state index contributed by atoms with van der Waals surface area (Å²) in [6.45, 7) is 3.08. The number of piperidine rings is 1. The summed E-state index contributed by atoms with van der Waals surface area (Å²) in [7, 11) is 0. The molecule has 0 saturated carbocycles. The molecule has 0 atom stereocenters. The third-order valence-electron chi connectivity index (χ3n) is 6.04. The summed E-state index contributed by atoms with van der Waals surface area (Å²) in [6.07, 6.45) is 1.40. The molecule has 4 aromatic rings. The average molecular weight is 481 g/mol. The number of ether oxygens (including phenoxy) is 2. The van der Waals surface area contributed by atoms with Crippen LogP contribution in [0.25, 0.3) is 10.2 Å². The second kappa shape index (κ2) is 9.69. The number of aromatic nitrogens is 1. The minimum Gasteiger partial charge on any atom is -0.492 e. The minimum atomic E-state index is -0.777. The van der Waals surface area contributed by atoms with Crippen LogP contribution in [0.3, 0.4) is 0 Å². The van der Waals surface area contributed by atoms with Crippen molar-refractivity contribution in [1.29, 1.82) is 0 Å². The maximum absolute atomic E-state index is 11.0. The van der Waals surface area contributed by atoms with Gasteiger partial charge >= 0.3 is 0 Å². The van der Waals surface area contributed by atoms with Gasteiger partial charge in [-0.25, -0.2) is 4.98 Å². The molecule has 2 heterocycles. The number of benzene rings is 3. The summed E-state index contributed by atoms with van der Waals surface area (Å²) in [5.41, 5.74) is 1.11. The molecule has 1 aliphatic heterocycles. The van der Waals surface area contributed by atoms with Crippen LogP contribution in [0, 0.1) is 0 Å². The van der Waals surface area contributed by atoms with E-state index in [2.05, 4.69) is 9.88 Å². The second-order valence-corrected chi connectivity index (χ2v) is 9.68. The van der Waals surface area contributed by atoms with Crippen molar-refractivity contribution in [2.75, 3.05) is 26.2 Å². The van der Waals surface area contributed by atoms with Crippen LogP contribution in [-0.4, -0.2) is 41.2 Å². The van der Waals surface area contributed by atoms with Crippen LogP contribution in [0.15, 0.2) is 72.8 Å². The maximum atomic E-state index is 11.0. The van der Waals surface area contributed by atoms with Crippen LogP contribution in [0.4, 0.5) is 0 Å². The number of thiazole rings is 1. The van der Waals surface area contributed by atoms with Crippen LogP contribution in [0.2, 0.25) is 5.02 Å². The Balaban J connectivity index is 1.08. The monoisotopic (exact) mass is 480 g/mol. The maximum Gasteiger partial charge on any atom is 0.279 e. The van der Waals surface area contributed by atoms with Crippen molar-refractivity contribution in [1.82, 2.24) is 9.88 Å². The molecule has 0 spiro atoms. The first-order chi connectivity index (χ1) is 16.1. The van der Waals surface area contributed by atoms with Gasteiger partial charge in [0.1, 0.15) is 18.1 Å². The van der Waals surface area contributed by atoms with Gasteiger partial charge in [-0.3, -0.25) is 4.90 Å². The largest absolute Gasteiger partial charge is 0.492 e. The first kappa shape index (κ1) is 22.2. The zero-order valence-corrected chi connectivity index (χ0v) is 19.7. The highest BCUT2D eigenvalue weighted by Crippen LogP contribution is 2.34. The molecule has 0 aliphatic carbocycles. The molecule has 33 heavy (non-hydrogen) atoms. The SMILES string of the molecule is OC1(c2ccc(Cl)cc2)CCN(CCOc2ccc(Oc3nc4ccccc4s3)cc2)CC1. The van der Waals surface area contributed by atoms with E-state index in [4.69, 9.17) is 21.1 Å². The zero-order chi connectivity index (χ0) is 22.7. The molecular weight excluding hydrogens is 456 g/mol. The lowest BCUT2D eigenvalue weighted by Crippen LogP contribution is -2.43. The van der Waals surface area contributed by atoms with Crippen molar-refractivity contribution in [3.05, 3.63) is 83.4 Å². The number of hydrogen-bond acceptors (Lipinski definition) is 6. The van der Waals surface area contributed by atoms with Crippen LogP contribution >= 0.6 is 22.9 Å². The minimum absolute atomic E-state index is 0.595. The Bertz CT molecular complexity index is 1170.